The molecule has 34 heavy (non-hydrogen) atoms. The fourth-order valence-corrected chi connectivity index (χ4v) is 4.72. The van der Waals surface area contributed by atoms with Crippen molar-refractivity contribution in [2.75, 3.05) is 11.5 Å². The number of esters is 1. The Morgan fingerprint density at radius 2 is 1.76 bits per heavy atom. The molecule has 1 unspecified atom stereocenters. The van der Waals surface area contributed by atoms with Gasteiger partial charge in [-0.2, -0.15) is 0 Å². The molecule has 0 radical (unpaired) electrons. The largest absolute Gasteiger partial charge is 0.507 e. The molecule has 1 saturated heterocycles. The van der Waals surface area contributed by atoms with Gasteiger partial charge in [0.15, 0.2) is 5.13 Å². The van der Waals surface area contributed by atoms with Gasteiger partial charge < -0.3 is 9.84 Å². The van der Waals surface area contributed by atoms with Crippen LogP contribution >= 0.6 is 11.3 Å². The predicted molar refractivity (Wildman–Crippen MR) is 125 cm³/mol. The van der Waals surface area contributed by atoms with Gasteiger partial charge in [0.2, 0.25) is 0 Å². The van der Waals surface area contributed by atoms with Crippen molar-refractivity contribution in [3.8, 4) is 0 Å². The molecule has 0 saturated carbocycles. The number of Topliss-reactive ketones (excluding diaryl/α,β-unsaturated/α-hetero) is 1. The maximum atomic E-state index is 13.7. The molecule has 3 aromatic rings. The number of hydrogen-bond acceptors (Lipinski definition) is 7. The van der Waals surface area contributed by atoms with E-state index >= 15 is 0 Å². The first-order chi connectivity index (χ1) is 16.2. The van der Waals surface area contributed by atoms with Gasteiger partial charge in [-0.15, -0.1) is 0 Å². The average Bonchev–Trinajstić information content (AvgIpc) is 3.31. The van der Waals surface area contributed by atoms with Crippen LogP contribution in [0, 0.1) is 19.7 Å². The summed E-state index contributed by atoms with van der Waals surface area (Å²) in [7, 11) is 0. The minimum absolute atomic E-state index is 0.0972. The molecule has 1 aliphatic heterocycles. The minimum Gasteiger partial charge on any atom is -0.507 e. The number of ether oxygens (including phenoxy) is 1. The summed E-state index contributed by atoms with van der Waals surface area (Å²) >= 11 is 0.913. The Hall–Kier alpha value is -3.85. The lowest BCUT2D eigenvalue weighted by Crippen LogP contribution is -2.29. The molecule has 174 valence electrons. The highest BCUT2D eigenvalue weighted by atomic mass is 32.1. The lowest BCUT2D eigenvalue weighted by molar-refractivity contribution is -0.132. The molecule has 2 aromatic carbocycles. The predicted octanol–water partition coefficient (Wildman–Crippen LogP) is 4.70. The summed E-state index contributed by atoms with van der Waals surface area (Å²) < 4.78 is 18.7. The van der Waals surface area contributed by atoms with Crippen molar-refractivity contribution in [2.24, 2.45) is 0 Å². The number of aliphatic hydroxyl groups is 1. The van der Waals surface area contributed by atoms with Crippen LogP contribution in [0.1, 0.15) is 45.0 Å². The van der Waals surface area contributed by atoms with Gasteiger partial charge in [0, 0.05) is 5.56 Å². The van der Waals surface area contributed by atoms with E-state index in [1.165, 1.54) is 24.3 Å². The first-order valence-electron chi connectivity index (χ1n) is 10.5. The van der Waals surface area contributed by atoms with Crippen molar-refractivity contribution in [1.29, 1.82) is 0 Å². The number of carbonyl (C=O) groups excluding carboxylic acids is 3. The van der Waals surface area contributed by atoms with Gasteiger partial charge in [-0.3, -0.25) is 14.5 Å². The number of aryl methyl sites for hydroxylation is 2. The Morgan fingerprint density at radius 1 is 1.12 bits per heavy atom. The molecule has 1 fully saturated rings. The SMILES string of the molecule is CCOC(=O)c1sc(N2C(=O)C(=O)/C(=C(\O)c3ccc(C)cc3)C2c2ccc(F)cc2)nc1C. The fourth-order valence-electron chi connectivity index (χ4n) is 3.73. The van der Waals surface area contributed by atoms with Crippen LogP contribution < -0.4 is 4.90 Å². The van der Waals surface area contributed by atoms with Gasteiger partial charge in [0.05, 0.1) is 23.9 Å². The third-order valence-electron chi connectivity index (χ3n) is 5.41. The number of benzene rings is 2. The smallest absolute Gasteiger partial charge is 0.350 e. The summed E-state index contributed by atoms with van der Waals surface area (Å²) in [5.41, 5.74) is 1.91. The number of rotatable bonds is 5. The number of hydrogen-bond donors (Lipinski definition) is 1. The normalized spacial score (nSPS) is 17.3. The molecule has 7 nitrogen and oxygen atoms in total. The van der Waals surface area contributed by atoms with Crippen molar-refractivity contribution in [3.05, 3.63) is 87.2 Å². The van der Waals surface area contributed by atoms with E-state index in [-0.39, 0.29) is 27.9 Å². The summed E-state index contributed by atoms with van der Waals surface area (Å²) in [6, 6.07) is 11.1. The molecular formula is C25H21FN2O5S. The molecule has 2 heterocycles. The lowest BCUT2D eigenvalue weighted by Gasteiger charge is -2.23. The highest BCUT2D eigenvalue weighted by molar-refractivity contribution is 7.17. The molecule has 1 aliphatic rings. The van der Waals surface area contributed by atoms with E-state index in [0.29, 0.717) is 16.8 Å². The molecule has 9 heteroatoms. The Morgan fingerprint density at radius 3 is 2.38 bits per heavy atom. The number of carbonyl (C=O) groups is 3. The van der Waals surface area contributed by atoms with E-state index in [1.54, 1.807) is 38.1 Å². The lowest BCUT2D eigenvalue weighted by atomic mass is 9.95. The monoisotopic (exact) mass is 480 g/mol. The number of amides is 1. The van der Waals surface area contributed by atoms with Gasteiger partial charge >= 0.3 is 11.9 Å². The number of halogens is 1. The zero-order chi connectivity index (χ0) is 24.6. The highest BCUT2D eigenvalue weighted by Gasteiger charge is 2.48. The van der Waals surface area contributed by atoms with Crippen molar-refractivity contribution >= 4 is 39.9 Å². The maximum absolute atomic E-state index is 13.7. The van der Waals surface area contributed by atoms with Gasteiger partial charge in [0.1, 0.15) is 16.5 Å². The van der Waals surface area contributed by atoms with E-state index in [9.17, 15) is 23.9 Å². The van der Waals surface area contributed by atoms with Crippen LogP contribution in [-0.4, -0.2) is 34.4 Å². The summed E-state index contributed by atoms with van der Waals surface area (Å²) in [6.07, 6.45) is 0. The van der Waals surface area contributed by atoms with Crippen LogP contribution in [0.2, 0.25) is 0 Å². The van der Waals surface area contributed by atoms with Crippen LogP contribution in [0.5, 0.6) is 0 Å². The number of aromatic nitrogens is 1. The summed E-state index contributed by atoms with van der Waals surface area (Å²) in [4.78, 5) is 44.3. The van der Waals surface area contributed by atoms with Gasteiger partial charge in [0.25, 0.3) is 5.78 Å². The Labute approximate surface area is 199 Å². The standard InChI is InChI=1S/C25H21FN2O5S/c1-4-33-24(32)22-14(3)27-25(34-22)28-19(15-9-11-17(26)12-10-15)18(21(30)23(28)31)20(29)16-7-5-13(2)6-8-16/h5-12,19,29H,4H2,1-3H3/b20-18-. The Balaban J connectivity index is 1.90. The third kappa shape index (κ3) is 4.10. The number of anilines is 1. The van der Waals surface area contributed by atoms with Crippen molar-refractivity contribution < 1.29 is 28.6 Å². The summed E-state index contributed by atoms with van der Waals surface area (Å²) in [6.45, 7) is 5.32. The van der Waals surface area contributed by atoms with Crippen molar-refractivity contribution in [1.82, 2.24) is 4.98 Å². The maximum Gasteiger partial charge on any atom is 0.350 e. The topological polar surface area (TPSA) is 96.8 Å². The quantitative estimate of drug-likeness (QED) is 0.246. The Bertz CT molecular complexity index is 1310. The van der Waals surface area contributed by atoms with Crippen molar-refractivity contribution in [2.45, 2.75) is 26.8 Å². The summed E-state index contributed by atoms with van der Waals surface area (Å²) in [5.74, 6) is -3.24. The number of aliphatic hydroxyl groups excluding tert-OH is 1. The van der Waals surface area contributed by atoms with E-state index < -0.39 is 29.5 Å². The van der Waals surface area contributed by atoms with Gasteiger partial charge in [-0.25, -0.2) is 14.2 Å². The van der Waals surface area contributed by atoms with Crippen molar-refractivity contribution in [3.63, 3.8) is 0 Å². The second kappa shape index (κ2) is 9.18. The number of nitrogens with zero attached hydrogens (tertiary/aromatic N) is 2. The molecule has 0 bridgehead atoms. The Kier molecular flexibility index (Phi) is 6.30. The van der Waals surface area contributed by atoms with Gasteiger partial charge in [-0.05, 0) is 38.5 Å². The molecular weight excluding hydrogens is 459 g/mol. The molecule has 0 aliphatic carbocycles. The summed E-state index contributed by atoms with van der Waals surface area (Å²) in [5, 5.41) is 11.2. The van der Waals surface area contributed by atoms with E-state index in [1.807, 2.05) is 6.92 Å². The minimum atomic E-state index is -1.07. The van der Waals surface area contributed by atoms with Crippen LogP contribution in [0.3, 0.4) is 0 Å². The fraction of sp³-hybridized carbons (Fsp3) is 0.200. The zero-order valence-corrected chi connectivity index (χ0v) is 19.5. The van der Waals surface area contributed by atoms with E-state index in [2.05, 4.69) is 4.98 Å². The van der Waals surface area contributed by atoms with E-state index in [4.69, 9.17) is 4.74 Å². The number of ketones is 1. The average molecular weight is 481 g/mol. The first kappa shape index (κ1) is 23.3. The molecule has 4 rings (SSSR count). The number of thiazole rings is 1. The van der Waals surface area contributed by atoms with E-state index in [0.717, 1.165) is 21.8 Å². The van der Waals surface area contributed by atoms with Crippen LogP contribution in [0.4, 0.5) is 9.52 Å². The molecule has 1 atom stereocenters. The van der Waals surface area contributed by atoms with Crippen LogP contribution in [0.15, 0.2) is 54.1 Å². The third-order valence-corrected chi connectivity index (χ3v) is 6.54. The van der Waals surface area contributed by atoms with Crippen LogP contribution in [0.25, 0.3) is 5.76 Å². The van der Waals surface area contributed by atoms with Crippen LogP contribution in [-0.2, 0) is 14.3 Å². The first-order valence-corrected chi connectivity index (χ1v) is 11.3. The molecule has 1 aromatic heterocycles. The second-order valence-corrected chi connectivity index (χ2v) is 8.70. The molecule has 1 N–H and O–H groups in total. The zero-order valence-electron chi connectivity index (χ0n) is 18.7. The highest BCUT2D eigenvalue weighted by Crippen LogP contribution is 2.44. The second-order valence-electron chi connectivity index (χ2n) is 7.72. The molecule has 0 spiro atoms. The van der Waals surface area contributed by atoms with Gasteiger partial charge in [-0.1, -0.05) is 53.3 Å². The molecule has 1 amide bonds.